The maximum Gasteiger partial charge on any atom is 0.323 e. The number of fused-ring (bicyclic) bond motifs is 1. The van der Waals surface area contributed by atoms with Crippen LogP contribution in [0.15, 0.2) is 23.1 Å². The normalized spacial score (nSPS) is 18.4. The number of nitrogens with zero attached hydrogens (tertiary/aromatic N) is 4. The highest BCUT2D eigenvalue weighted by Crippen LogP contribution is 2.28. The van der Waals surface area contributed by atoms with Crippen molar-refractivity contribution < 1.29 is 22.7 Å². The summed E-state index contributed by atoms with van der Waals surface area (Å²) in [5, 5.41) is 17.0. The van der Waals surface area contributed by atoms with Crippen LogP contribution in [0.1, 0.15) is 11.6 Å². The standard InChI is InChI=1S/C13H12ClFN4O4S/c1-7-16-17-12-6-19(11(13(20)21)5-18(7)12)24(22,23)10-3-8(14)2-9(15)4-10/h2-4,11H,5-6H2,1H3,(H,20,21). The molecule has 0 saturated heterocycles. The van der Waals surface area contributed by atoms with Gasteiger partial charge in [-0.1, -0.05) is 11.6 Å². The van der Waals surface area contributed by atoms with Crippen molar-refractivity contribution in [3.05, 3.63) is 40.7 Å². The fourth-order valence-corrected chi connectivity index (χ4v) is 4.43. The van der Waals surface area contributed by atoms with E-state index in [2.05, 4.69) is 10.2 Å². The van der Waals surface area contributed by atoms with E-state index in [1.54, 1.807) is 11.5 Å². The number of sulfonamides is 1. The number of halogens is 2. The number of carboxylic acids is 1. The summed E-state index contributed by atoms with van der Waals surface area (Å²) in [5.41, 5.74) is 0. The van der Waals surface area contributed by atoms with E-state index in [9.17, 15) is 22.7 Å². The molecular weight excluding hydrogens is 363 g/mol. The van der Waals surface area contributed by atoms with Crippen molar-refractivity contribution in [3.8, 4) is 0 Å². The lowest BCUT2D eigenvalue weighted by Crippen LogP contribution is -2.50. The van der Waals surface area contributed by atoms with Gasteiger partial charge in [-0.25, -0.2) is 12.8 Å². The third-order valence-corrected chi connectivity index (χ3v) is 5.79. The van der Waals surface area contributed by atoms with E-state index in [1.165, 1.54) is 0 Å². The predicted octanol–water partition coefficient (Wildman–Crippen LogP) is 1.04. The van der Waals surface area contributed by atoms with Gasteiger partial charge in [0.1, 0.15) is 23.5 Å². The molecule has 1 aromatic carbocycles. The van der Waals surface area contributed by atoms with E-state index >= 15 is 0 Å². The number of carbonyl (C=O) groups is 1. The molecule has 0 radical (unpaired) electrons. The molecule has 1 aliphatic rings. The molecule has 3 rings (SSSR count). The zero-order valence-electron chi connectivity index (χ0n) is 12.3. The molecule has 0 aliphatic carbocycles. The number of hydrogen-bond acceptors (Lipinski definition) is 5. The van der Waals surface area contributed by atoms with Gasteiger partial charge in [0.25, 0.3) is 0 Å². The van der Waals surface area contributed by atoms with Crippen molar-refractivity contribution in [2.24, 2.45) is 0 Å². The van der Waals surface area contributed by atoms with Crippen LogP contribution in [-0.2, 0) is 27.9 Å². The summed E-state index contributed by atoms with van der Waals surface area (Å²) in [6, 6.07) is 1.47. The topological polar surface area (TPSA) is 105 Å². The van der Waals surface area contributed by atoms with Crippen LogP contribution in [0.5, 0.6) is 0 Å². The highest BCUT2D eigenvalue weighted by atomic mass is 35.5. The first-order valence-corrected chi connectivity index (χ1v) is 8.61. The lowest BCUT2D eigenvalue weighted by atomic mass is 10.2. The number of aliphatic carboxylic acids is 1. The molecule has 11 heteroatoms. The average Bonchev–Trinajstić information content (AvgIpc) is 2.86. The maximum absolute atomic E-state index is 13.5. The Kier molecular flexibility index (Phi) is 4.06. The number of aromatic nitrogens is 3. The third kappa shape index (κ3) is 2.76. The summed E-state index contributed by atoms with van der Waals surface area (Å²) in [5.74, 6) is -1.35. The number of rotatable bonds is 3. The van der Waals surface area contributed by atoms with E-state index in [-0.39, 0.29) is 18.1 Å². The molecule has 1 N–H and O–H groups in total. The van der Waals surface area contributed by atoms with Crippen molar-refractivity contribution in [1.82, 2.24) is 19.1 Å². The number of hydrogen-bond donors (Lipinski definition) is 1. The monoisotopic (exact) mass is 374 g/mol. The van der Waals surface area contributed by atoms with Crippen molar-refractivity contribution in [2.45, 2.75) is 31.0 Å². The number of carboxylic acid groups (broad SMARTS) is 1. The van der Waals surface area contributed by atoms with Gasteiger partial charge in [-0.2, -0.15) is 4.31 Å². The van der Waals surface area contributed by atoms with Gasteiger partial charge in [0.2, 0.25) is 10.0 Å². The second-order valence-corrected chi connectivity index (χ2v) is 7.61. The Morgan fingerprint density at radius 3 is 2.71 bits per heavy atom. The second kappa shape index (κ2) is 5.80. The molecule has 128 valence electrons. The summed E-state index contributed by atoms with van der Waals surface area (Å²) in [4.78, 5) is 11.1. The summed E-state index contributed by atoms with van der Waals surface area (Å²) in [6.07, 6.45) is 0. The molecule has 1 aliphatic heterocycles. The molecule has 1 aromatic heterocycles. The molecular formula is C13H12ClFN4O4S. The summed E-state index contributed by atoms with van der Waals surface area (Å²) < 4.78 is 41.4. The Morgan fingerprint density at radius 2 is 2.08 bits per heavy atom. The first kappa shape index (κ1) is 16.8. The predicted molar refractivity (Wildman–Crippen MR) is 80.3 cm³/mol. The van der Waals surface area contributed by atoms with Gasteiger partial charge < -0.3 is 9.67 Å². The molecule has 1 unspecified atom stereocenters. The SMILES string of the molecule is Cc1nnc2n1CC(C(=O)O)N(S(=O)(=O)c1cc(F)cc(Cl)c1)C2. The van der Waals surface area contributed by atoms with Gasteiger partial charge in [-0.3, -0.25) is 4.79 Å². The van der Waals surface area contributed by atoms with Crippen molar-refractivity contribution >= 4 is 27.6 Å². The molecule has 1 atom stereocenters. The molecule has 0 amide bonds. The molecule has 0 spiro atoms. The smallest absolute Gasteiger partial charge is 0.323 e. The number of benzene rings is 1. The van der Waals surface area contributed by atoms with Crippen LogP contribution >= 0.6 is 11.6 Å². The van der Waals surface area contributed by atoms with Gasteiger partial charge in [0.15, 0.2) is 0 Å². The second-order valence-electron chi connectivity index (χ2n) is 5.28. The quantitative estimate of drug-likeness (QED) is 0.860. The molecule has 0 fully saturated rings. The number of aryl methyl sites for hydroxylation is 1. The van der Waals surface area contributed by atoms with Gasteiger partial charge in [-0.15, -0.1) is 10.2 Å². The van der Waals surface area contributed by atoms with Crippen molar-refractivity contribution in [2.75, 3.05) is 0 Å². The van der Waals surface area contributed by atoms with Crippen molar-refractivity contribution in [1.29, 1.82) is 0 Å². The van der Waals surface area contributed by atoms with Crippen LogP contribution in [0.4, 0.5) is 4.39 Å². The van der Waals surface area contributed by atoms with Crippen LogP contribution in [0.25, 0.3) is 0 Å². The first-order valence-electron chi connectivity index (χ1n) is 6.79. The Balaban J connectivity index is 2.09. The van der Waals surface area contributed by atoms with Gasteiger partial charge in [0.05, 0.1) is 18.0 Å². The van der Waals surface area contributed by atoms with E-state index in [1.807, 2.05) is 0 Å². The van der Waals surface area contributed by atoms with E-state index in [0.717, 1.165) is 22.5 Å². The molecule has 0 saturated carbocycles. The first-order chi connectivity index (χ1) is 11.2. The van der Waals surface area contributed by atoms with E-state index in [4.69, 9.17) is 11.6 Å². The Hall–Kier alpha value is -2.04. The molecule has 0 bridgehead atoms. The Labute approximate surface area is 141 Å². The minimum Gasteiger partial charge on any atom is -0.480 e. The largest absolute Gasteiger partial charge is 0.480 e. The Morgan fingerprint density at radius 1 is 1.38 bits per heavy atom. The molecule has 24 heavy (non-hydrogen) atoms. The maximum atomic E-state index is 13.5. The van der Waals surface area contributed by atoms with Crippen LogP contribution in [0.2, 0.25) is 5.02 Å². The van der Waals surface area contributed by atoms with E-state index < -0.39 is 32.7 Å². The van der Waals surface area contributed by atoms with Crippen molar-refractivity contribution in [3.63, 3.8) is 0 Å². The summed E-state index contributed by atoms with van der Waals surface area (Å²) >= 11 is 5.71. The fraction of sp³-hybridized carbons (Fsp3) is 0.308. The van der Waals surface area contributed by atoms with Gasteiger partial charge >= 0.3 is 5.97 Å². The minimum absolute atomic E-state index is 0.100. The van der Waals surface area contributed by atoms with Crippen LogP contribution in [-0.4, -0.2) is 44.6 Å². The average molecular weight is 375 g/mol. The molecule has 8 nitrogen and oxygen atoms in total. The molecule has 2 aromatic rings. The lowest BCUT2D eigenvalue weighted by molar-refractivity contribution is -0.142. The van der Waals surface area contributed by atoms with E-state index in [0.29, 0.717) is 11.6 Å². The molecule has 2 heterocycles. The van der Waals surface area contributed by atoms with Gasteiger partial charge in [0, 0.05) is 5.02 Å². The fourth-order valence-electron chi connectivity index (χ4n) is 2.56. The summed E-state index contributed by atoms with van der Waals surface area (Å²) in [7, 11) is -4.29. The summed E-state index contributed by atoms with van der Waals surface area (Å²) in [6.45, 7) is 1.23. The van der Waals surface area contributed by atoms with Gasteiger partial charge in [-0.05, 0) is 25.1 Å². The zero-order valence-corrected chi connectivity index (χ0v) is 13.9. The lowest BCUT2D eigenvalue weighted by Gasteiger charge is -2.32. The highest BCUT2D eigenvalue weighted by molar-refractivity contribution is 7.89. The highest BCUT2D eigenvalue weighted by Gasteiger charge is 2.41. The zero-order chi connectivity index (χ0) is 17.6. The van der Waals surface area contributed by atoms with Crippen LogP contribution in [0, 0.1) is 12.7 Å². The third-order valence-electron chi connectivity index (χ3n) is 3.74. The van der Waals surface area contributed by atoms with Crippen LogP contribution in [0.3, 0.4) is 0 Å². The Bertz CT molecular complexity index is 910. The van der Waals surface area contributed by atoms with Crippen LogP contribution < -0.4 is 0 Å². The minimum atomic E-state index is -4.29.